The molecular weight excluding hydrogens is 380 g/mol. The van der Waals surface area contributed by atoms with E-state index < -0.39 is 32.3 Å². The first kappa shape index (κ1) is 10.9. The molecule has 0 unspecified atom stereocenters. The number of para-hydroxylation sites is 1. The first-order valence-corrected chi connectivity index (χ1v) is 9.94. The number of hydrogen-bond acceptors (Lipinski definition) is 3. The fourth-order valence-electron chi connectivity index (χ4n) is 3.89. The van der Waals surface area contributed by atoms with E-state index in [1.54, 1.807) is 51.1 Å². The van der Waals surface area contributed by atoms with E-state index in [0.29, 0.717) is 21.9 Å². The van der Waals surface area contributed by atoms with Crippen LogP contribution < -0.4 is 0 Å². The van der Waals surface area contributed by atoms with Crippen molar-refractivity contribution >= 4 is 32.7 Å². The SMILES string of the molecule is [2H]C([2H])([2H])c1cc2c(ccc3c4cccc(-c5cc(C([2H])([2H])C(C)(C)C)c(C([2H])([2H])[2H])cn5)c4oc23)c(C([2H])([2H])[2H])n1. The van der Waals surface area contributed by atoms with Crippen molar-refractivity contribution in [2.75, 3.05) is 0 Å². The molecule has 156 valence electrons. The fraction of sp³-hybridized carbons (Fsp3) is 0.286. The Balaban J connectivity index is 1.84. The van der Waals surface area contributed by atoms with Gasteiger partial charge in [-0.1, -0.05) is 39.0 Å². The van der Waals surface area contributed by atoms with Crippen LogP contribution in [0.25, 0.3) is 44.0 Å². The third-order valence-electron chi connectivity index (χ3n) is 5.16. The van der Waals surface area contributed by atoms with E-state index >= 15 is 0 Å². The van der Waals surface area contributed by atoms with Crippen LogP contribution >= 0.6 is 0 Å². The molecule has 0 atom stereocenters. The molecular formula is C28H28N2O. The van der Waals surface area contributed by atoms with Crippen LogP contribution in [-0.2, 0) is 6.37 Å². The number of rotatable bonds is 2. The quantitative estimate of drug-likeness (QED) is 0.294. The van der Waals surface area contributed by atoms with Crippen molar-refractivity contribution in [1.82, 2.24) is 9.97 Å². The second-order valence-corrected chi connectivity index (χ2v) is 8.67. The predicted molar refractivity (Wildman–Crippen MR) is 130 cm³/mol. The maximum Gasteiger partial charge on any atom is 0.144 e. The van der Waals surface area contributed by atoms with Crippen LogP contribution in [0.15, 0.2) is 53.1 Å². The third-order valence-corrected chi connectivity index (χ3v) is 5.16. The molecule has 0 fully saturated rings. The number of aromatic nitrogens is 2. The highest BCUT2D eigenvalue weighted by Gasteiger charge is 2.18. The number of fused-ring (bicyclic) bond motifs is 5. The smallest absolute Gasteiger partial charge is 0.144 e. The van der Waals surface area contributed by atoms with Crippen LogP contribution in [0.1, 0.15) is 58.4 Å². The topological polar surface area (TPSA) is 38.9 Å². The standard InChI is InChI=1S/C28H28N2O/c1-16-15-29-25(13-19(16)14-28(4,5)6)23-9-7-8-21-22-11-10-20-18(3)30-17(2)12-24(20)27(22)31-26(21)23/h7-13,15H,14H2,1-6H3/i1D3,2D3,3D3,14D2. The Morgan fingerprint density at radius 3 is 2.55 bits per heavy atom. The minimum Gasteiger partial charge on any atom is -0.455 e. The van der Waals surface area contributed by atoms with Gasteiger partial charge in [-0.2, -0.15) is 0 Å². The number of benzene rings is 2. The zero-order valence-electron chi connectivity index (χ0n) is 28.4. The van der Waals surface area contributed by atoms with Crippen molar-refractivity contribution in [3.05, 3.63) is 71.2 Å². The largest absolute Gasteiger partial charge is 0.455 e. The zero-order valence-corrected chi connectivity index (χ0v) is 17.4. The number of pyridine rings is 2. The molecule has 5 rings (SSSR count). The minimum absolute atomic E-state index is 0.00530. The van der Waals surface area contributed by atoms with Gasteiger partial charge in [0.15, 0.2) is 0 Å². The van der Waals surface area contributed by atoms with Crippen molar-refractivity contribution in [3.8, 4) is 11.3 Å². The van der Waals surface area contributed by atoms with Gasteiger partial charge in [0.25, 0.3) is 0 Å². The molecule has 0 aliphatic carbocycles. The first-order valence-electron chi connectivity index (χ1n) is 15.4. The van der Waals surface area contributed by atoms with Crippen LogP contribution in [0.2, 0.25) is 0 Å². The Kier molecular flexibility index (Phi) is 2.43. The summed E-state index contributed by atoms with van der Waals surface area (Å²) in [4.78, 5) is 8.39. The number of hydrogen-bond donors (Lipinski definition) is 0. The highest BCUT2D eigenvalue weighted by molar-refractivity contribution is 6.17. The van der Waals surface area contributed by atoms with Gasteiger partial charge in [-0.3, -0.25) is 9.97 Å². The lowest BCUT2D eigenvalue weighted by atomic mass is 9.86. The second kappa shape index (κ2) is 6.91. The van der Waals surface area contributed by atoms with Crippen LogP contribution in [0, 0.1) is 26.0 Å². The van der Waals surface area contributed by atoms with E-state index in [2.05, 4.69) is 9.97 Å². The van der Waals surface area contributed by atoms with Gasteiger partial charge in [0.05, 0.1) is 5.69 Å². The maximum atomic E-state index is 8.85. The van der Waals surface area contributed by atoms with Gasteiger partial charge < -0.3 is 4.42 Å². The van der Waals surface area contributed by atoms with E-state index in [0.717, 1.165) is 0 Å². The summed E-state index contributed by atoms with van der Waals surface area (Å²) in [5.41, 5.74) is -0.490. The Bertz CT molecular complexity index is 1860. The normalized spacial score (nSPS) is 19.3. The average Bonchev–Trinajstić information content (AvgIpc) is 3.24. The molecule has 0 aliphatic rings. The molecule has 0 bridgehead atoms. The lowest BCUT2D eigenvalue weighted by Crippen LogP contribution is -2.10. The molecule has 0 spiro atoms. The Labute approximate surface area is 198 Å². The molecule has 0 saturated heterocycles. The zero-order chi connectivity index (χ0) is 31.2. The summed E-state index contributed by atoms with van der Waals surface area (Å²) in [5.74, 6) is 0. The van der Waals surface area contributed by atoms with E-state index in [-0.39, 0.29) is 44.6 Å². The van der Waals surface area contributed by atoms with Crippen molar-refractivity contribution < 1.29 is 19.5 Å². The second-order valence-electron chi connectivity index (χ2n) is 8.67. The molecule has 31 heavy (non-hydrogen) atoms. The number of aryl methyl sites for hydroxylation is 3. The van der Waals surface area contributed by atoms with Crippen LogP contribution in [0.4, 0.5) is 0 Å². The molecule has 0 aliphatic heterocycles. The lowest BCUT2D eigenvalue weighted by molar-refractivity contribution is 0.410. The molecule has 3 aromatic heterocycles. The molecule has 3 heteroatoms. The number of furan rings is 1. The van der Waals surface area contributed by atoms with Crippen LogP contribution in [0.3, 0.4) is 0 Å². The summed E-state index contributed by atoms with van der Waals surface area (Å²) in [7, 11) is 0. The van der Waals surface area contributed by atoms with Crippen molar-refractivity contribution in [2.24, 2.45) is 5.41 Å². The van der Waals surface area contributed by atoms with E-state index in [9.17, 15) is 0 Å². The fourth-order valence-corrected chi connectivity index (χ4v) is 3.89. The predicted octanol–water partition coefficient (Wildman–Crippen LogP) is 7.71. The molecule has 5 aromatic rings. The van der Waals surface area contributed by atoms with Crippen molar-refractivity contribution in [2.45, 2.75) is 47.7 Å². The summed E-state index contributed by atoms with van der Waals surface area (Å²) in [6, 6.07) is 11.3. The summed E-state index contributed by atoms with van der Waals surface area (Å²) < 4.78 is 95.5. The van der Waals surface area contributed by atoms with Crippen molar-refractivity contribution in [3.63, 3.8) is 0 Å². The summed E-state index contributed by atoms with van der Waals surface area (Å²) in [6.45, 7) is -2.86. The Morgan fingerprint density at radius 2 is 1.77 bits per heavy atom. The molecule has 2 aromatic carbocycles. The molecule has 0 amide bonds. The van der Waals surface area contributed by atoms with Gasteiger partial charge in [-0.15, -0.1) is 0 Å². The highest BCUT2D eigenvalue weighted by Crippen LogP contribution is 2.39. The van der Waals surface area contributed by atoms with Gasteiger partial charge in [0.1, 0.15) is 11.2 Å². The van der Waals surface area contributed by atoms with E-state index in [1.807, 2.05) is 0 Å². The summed E-state index contributed by atoms with van der Waals surface area (Å²) in [6.07, 6.45) is -0.855. The Hall–Kier alpha value is -3.20. The van der Waals surface area contributed by atoms with Gasteiger partial charge in [-0.05, 0) is 67.7 Å². The first-order chi connectivity index (χ1) is 19.1. The minimum atomic E-state index is -2.68. The highest BCUT2D eigenvalue weighted by atomic mass is 16.3. The van der Waals surface area contributed by atoms with Gasteiger partial charge in [-0.25, -0.2) is 0 Å². The Morgan fingerprint density at radius 1 is 0.935 bits per heavy atom. The maximum absolute atomic E-state index is 8.85. The lowest BCUT2D eigenvalue weighted by Gasteiger charge is -2.20. The van der Waals surface area contributed by atoms with Crippen LogP contribution in [-0.4, -0.2) is 9.97 Å². The molecule has 0 N–H and O–H groups in total. The van der Waals surface area contributed by atoms with E-state index in [4.69, 9.17) is 19.5 Å². The monoisotopic (exact) mass is 419 g/mol. The molecule has 0 radical (unpaired) electrons. The number of nitrogens with zero attached hydrogens (tertiary/aromatic N) is 2. The molecule has 0 saturated carbocycles. The van der Waals surface area contributed by atoms with Gasteiger partial charge in [0, 0.05) is 59.8 Å². The average molecular weight is 420 g/mol. The van der Waals surface area contributed by atoms with Gasteiger partial charge >= 0.3 is 0 Å². The van der Waals surface area contributed by atoms with Crippen LogP contribution in [0.5, 0.6) is 0 Å². The van der Waals surface area contributed by atoms with Crippen molar-refractivity contribution in [1.29, 1.82) is 0 Å². The summed E-state index contributed by atoms with van der Waals surface area (Å²) in [5, 5.41) is 1.74. The molecule has 3 nitrogen and oxygen atoms in total. The van der Waals surface area contributed by atoms with E-state index in [1.165, 1.54) is 18.3 Å². The summed E-state index contributed by atoms with van der Waals surface area (Å²) >= 11 is 0. The third kappa shape index (κ3) is 3.38. The molecule has 3 heterocycles. The van der Waals surface area contributed by atoms with Gasteiger partial charge in [0.2, 0.25) is 0 Å².